The molecule has 1 fully saturated rings. The quantitative estimate of drug-likeness (QED) is 0.806. The molecule has 2 radical (unpaired) electrons. The second-order valence-electron chi connectivity index (χ2n) is 5.13. The first kappa shape index (κ1) is 15.9. The first-order valence-electron chi connectivity index (χ1n) is 6.52. The molecule has 2 heterocycles. The third-order valence-electron chi connectivity index (χ3n) is 3.66. The Morgan fingerprint density at radius 1 is 1.18 bits per heavy atom. The fraction of sp³-hybridized carbons (Fsp3) is 0.462. The molecule has 0 spiro atoms. The van der Waals surface area contributed by atoms with Crippen LogP contribution >= 0.6 is 0 Å². The maximum Gasteiger partial charge on any atom is 0.270 e. The Kier molecular flexibility index (Phi) is 3.81. The largest absolute Gasteiger partial charge is 0.394 e. The maximum absolute atomic E-state index is 12.4. The molecule has 0 bridgehead atoms. The predicted octanol–water partition coefficient (Wildman–Crippen LogP) is -0.223. The summed E-state index contributed by atoms with van der Waals surface area (Å²) in [4.78, 5) is -0.549. The lowest BCUT2D eigenvalue weighted by molar-refractivity contribution is -0.0366. The van der Waals surface area contributed by atoms with Crippen LogP contribution < -0.4 is 0 Å². The van der Waals surface area contributed by atoms with Gasteiger partial charge in [-0.1, -0.05) is 12.1 Å². The van der Waals surface area contributed by atoms with Crippen molar-refractivity contribution in [3.8, 4) is 0 Å². The molecule has 1 aromatic rings. The lowest BCUT2D eigenvalue weighted by Crippen LogP contribution is -2.36. The van der Waals surface area contributed by atoms with E-state index < -0.39 is 49.4 Å². The average Bonchev–Trinajstić information content (AvgIpc) is 2.90. The van der Waals surface area contributed by atoms with E-state index in [1.54, 1.807) is 0 Å². The van der Waals surface area contributed by atoms with E-state index in [2.05, 4.69) is 0 Å². The Hall–Kier alpha value is -1.00. The summed E-state index contributed by atoms with van der Waals surface area (Å²) >= 11 is 0. The molecule has 0 aromatic heterocycles. The molecule has 7 nitrogen and oxygen atoms in total. The van der Waals surface area contributed by atoms with Gasteiger partial charge >= 0.3 is 0 Å². The van der Waals surface area contributed by atoms with Gasteiger partial charge in [0.05, 0.1) is 28.6 Å². The summed E-state index contributed by atoms with van der Waals surface area (Å²) in [5, 5.41) is 9.20. The highest BCUT2D eigenvalue weighted by molar-refractivity contribution is 8.11. The fourth-order valence-corrected chi connectivity index (χ4v) is 7.51. The van der Waals surface area contributed by atoms with Crippen LogP contribution in [0, 0.1) is 6.92 Å². The lowest BCUT2D eigenvalue weighted by atomic mass is 10.1. The number of sulfone groups is 2. The van der Waals surface area contributed by atoms with Crippen molar-refractivity contribution in [1.29, 1.82) is 0 Å². The molecular formula is C13H14O7S2. The zero-order valence-corrected chi connectivity index (χ0v) is 13.0. The number of ether oxygens (including phenoxy) is 2. The molecule has 9 heteroatoms. The van der Waals surface area contributed by atoms with Crippen molar-refractivity contribution in [3.63, 3.8) is 0 Å². The molecule has 2 aliphatic rings. The van der Waals surface area contributed by atoms with Gasteiger partial charge in [-0.3, -0.25) is 0 Å². The van der Waals surface area contributed by atoms with Gasteiger partial charge in [0.1, 0.15) is 6.10 Å². The van der Waals surface area contributed by atoms with Gasteiger partial charge in [0.2, 0.25) is 19.7 Å². The van der Waals surface area contributed by atoms with Crippen molar-refractivity contribution < 1.29 is 31.4 Å². The zero-order valence-electron chi connectivity index (χ0n) is 11.3. The average molecular weight is 346 g/mol. The number of fused-ring (bicyclic) bond motifs is 1. The van der Waals surface area contributed by atoms with E-state index in [1.165, 1.54) is 24.3 Å². The van der Waals surface area contributed by atoms with Crippen molar-refractivity contribution in [2.24, 2.45) is 0 Å². The van der Waals surface area contributed by atoms with Gasteiger partial charge in [0, 0.05) is 6.42 Å². The Morgan fingerprint density at radius 2 is 1.73 bits per heavy atom. The second kappa shape index (κ2) is 5.27. The minimum absolute atomic E-state index is 0.100. The van der Waals surface area contributed by atoms with Gasteiger partial charge in [0.15, 0.2) is 0 Å². The van der Waals surface area contributed by atoms with Gasteiger partial charge in [-0.15, -0.1) is 0 Å². The van der Waals surface area contributed by atoms with Gasteiger partial charge in [0.25, 0.3) is 4.77 Å². The molecule has 0 amide bonds. The summed E-state index contributed by atoms with van der Waals surface area (Å²) in [5.74, 6) is 0. The first-order valence-corrected chi connectivity index (χ1v) is 9.62. The van der Waals surface area contributed by atoms with Crippen molar-refractivity contribution in [1.82, 2.24) is 0 Å². The van der Waals surface area contributed by atoms with E-state index in [-0.39, 0.29) is 16.2 Å². The van der Waals surface area contributed by atoms with E-state index in [0.717, 1.165) is 0 Å². The van der Waals surface area contributed by atoms with Gasteiger partial charge < -0.3 is 14.6 Å². The molecule has 120 valence electrons. The van der Waals surface area contributed by atoms with Gasteiger partial charge in [-0.2, -0.15) is 0 Å². The number of hydrogen-bond acceptors (Lipinski definition) is 7. The summed E-state index contributed by atoms with van der Waals surface area (Å²) in [6, 6.07) is 5.34. The van der Waals surface area contributed by atoms with Crippen molar-refractivity contribution in [3.05, 3.63) is 31.2 Å². The first-order chi connectivity index (χ1) is 10.3. The summed E-state index contributed by atoms with van der Waals surface area (Å²) in [7, 11) is -8.36. The second-order valence-corrected chi connectivity index (χ2v) is 9.35. The molecule has 0 unspecified atom stereocenters. The van der Waals surface area contributed by atoms with Crippen LogP contribution in [-0.4, -0.2) is 51.6 Å². The van der Waals surface area contributed by atoms with Crippen LogP contribution in [0.1, 0.15) is 6.42 Å². The van der Waals surface area contributed by atoms with Gasteiger partial charge in [-0.25, -0.2) is 16.8 Å². The zero-order chi connectivity index (χ0) is 16.1. The molecule has 22 heavy (non-hydrogen) atoms. The van der Waals surface area contributed by atoms with Crippen molar-refractivity contribution >= 4 is 19.7 Å². The van der Waals surface area contributed by atoms with E-state index >= 15 is 0 Å². The van der Waals surface area contributed by atoms with Crippen LogP contribution in [0.5, 0.6) is 0 Å². The smallest absolute Gasteiger partial charge is 0.270 e. The molecule has 3 rings (SSSR count). The Labute approximate surface area is 128 Å². The Morgan fingerprint density at radius 3 is 2.23 bits per heavy atom. The molecular weight excluding hydrogens is 332 g/mol. The number of rotatable bonds is 3. The Bertz CT molecular complexity index is 731. The maximum atomic E-state index is 12.4. The van der Waals surface area contributed by atoms with E-state index in [1.807, 2.05) is 0 Å². The molecule has 1 N–H and O–H groups in total. The van der Waals surface area contributed by atoms with E-state index in [9.17, 15) is 21.9 Å². The molecule has 1 aromatic carbocycles. The van der Waals surface area contributed by atoms with Crippen LogP contribution in [0.15, 0.2) is 34.1 Å². The van der Waals surface area contributed by atoms with E-state index in [0.29, 0.717) is 0 Å². The minimum atomic E-state index is -4.18. The van der Waals surface area contributed by atoms with Crippen LogP contribution in [-0.2, 0) is 29.1 Å². The van der Waals surface area contributed by atoms with Gasteiger partial charge in [-0.05, 0) is 19.1 Å². The van der Waals surface area contributed by atoms with E-state index in [4.69, 9.17) is 16.4 Å². The number of hydrogen-bond donors (Lipinski definition) is 1. The molecule has 0 aliphatic carbocycles. The van der Waals surface area contributed by atoms with Crippen LogP contribution in [0.25, 0.3) is 0 Å². The molecule has 0 saturated carbocycles. The number of aliphatic hydroxyl groups is 1. The van der Waals surface area contributed by atoms with Crippen LogP contribution in [0.3, 0.4) is 0 Å². The summed E-state index contributed by atoms with van der Waals surface area (Å²) in [6.07, 6.45) is -2.41. The van der Waals surface area contributed by atoms with Crippen LogP contribution in [0.2, 0.25) is 0 Å². The minimum Gasteiger partial charge on any atom is -0.394 e. The summed E-state index contributed by atoms with van der Waals surface area (Å²) in [6.45, 7) is 5.13. The standard InChI is InChI=1S/C13H14O7S2/c1-8-6-9(10(7-14)19-8)20-13-21(15,16)11-4-2-3-5-12(11)22(13,17)18/h1-5,8-10,13-14H,6-7H2/t8-,9+,10+/m0/s1. The highest BCUT2D eigenvalue weighted by Gasteiger charge is 2.52. The van der Waals surface area contributed by atoms with Crippen LogP contribution in [0.4, 0.5) is 0 Å². The van der Waals surface area contributed by atoms with Crippen molar-refractivity contribution in [2.45, 2.75) is 39.3 Å². The SMILES string of the molecule is [CH][C@H]1C[C@@H](OC2S(=O)(=O)c3ccccc3S2(=O)=O)[C@@H](CO)O1. The lowest BCUT2D eigenvalue weighted by Gasteiger charge is -2.20. The predicted molar refractivity (Wildman–Crippen MR) is 74.1 cm³/mol. The monoisotopic (exact) mass is 346 g/mol. The normalized spacial score (nSPS) is 32.9. The Balaban J connectivity index is 1.99. The number of aliphatic hydroxyl groups excluding tert-OH is 1. The number of benzene rings is 1. The van der Waals surface area contributed by atoms with Crippen molar-refractivity contribution in [2.75, 3.05) is 6.61 Å². The third kappa shape index (κ3) is 2.28. The molecule has 2 aliphatic heterocycles. The highest BCUT2D eigenvalue weighted by Crippen LogP contribution is 2.40. The summed E-state index contributed by atoms with van der Waals surface area (Å²) in [5.41, 5.74) is 0. The molecule has 3 atom stereocenters. The topological polar surface area (TPSA) is 107 Å². The fourth-order valence-electron chi connectivity index (χ4n) is 2.64. The summed E-state index contributed by atoms with van der Waals surface area (Å²) < 4.78 is 58.1. The highest BCUT2D eigenvalue weighted by atomic mass is 32.3. The molecule has 1 saturated heterocycles. The third-order valence-corrected chi connectivity index (χ3v) is 8.49.